The van der Waals surface area contributed by atoms with Gasteiger partial charge in [-0.3, -0.25) is 0 Å². The molecule has 5 fully saturated rings. The van der Waals surface area contributed by atoms with Gasteiger partial charge in [-0.2, -0.15) is 4.89 Å². The zero-order chi connectivity index (χ0) is 20.0. The third-order valence-corrected chi connectivity index (χ3v) is 9.11. The van der Waals surface area contributed by atoms with Crippen molar-refractivity contribution in [1.82, 2.24) is 0 Å². The van der Waals surface area contributed by atoms with Gasteiger partial charge in [-0.15, -0.1) is 11.3 Å². The molecular formula is C20H21O7PS-2. The summed E-state index contributed by atoms with van der Waals surface area (Å²) in [7, 11) is -3.43. The Hall–Kier alpha value is -0.990. The van der Waals surface area contributed by atoms with E-state index in [2.05, 4.69) is 4.52 Å². The van der Waals surface area contributed by atoms with E-state index >= 15 is 0 Å². The van der Waals surface area contributed by atoms with Crippen molar-refractivity contribution in [3.8, 4) is 5.75 Å². The molecule has 1 aromatic heterocycles. The first-order chi connectivity index (χ1) is 13.8. The molecule has 2 heterocycles. The van der Waals surface area contributed by atoms with Crippen molar-refractivity contribution < 1.29 is 33.4 Å². The van der Waals surface area contributed by atoms with Gasteiger partial charge in [-0.25, -0.2) is 4.89 Å². The summed E-state index contributed by atoms with van der Waals surface area (Å²) in [5.41, 5.74) is -0.463. The molecule has 4 aliphatic carbocycles. The second kappa shape index (κ2) is 6.04. The Labute approximate surface area is 172 Å². The number of hydrogen-bond acceptors (Lipinski definition) is 8. The van der Waals surface area contributed by atoms with Crippen LogP contribution in [0, 0.1) is 23.7 Å². The van der Waals surface area contributed by atoms with Gasteiger partial charge in [0, 0.05) is 11.8 Å². The molecule has 1 aromatic carbocycles. The second-order valence-electron chi connectivity index (χ2n) is 8.93. The molecule has 29 heavy (non-hydrogen) atoms. The van der Waals surface area contributed by atoms with Gasteiger partial charge in [0.05, 0.1) is 4.88 Å². The highest BCUT2D eigenvalue weighted by molar-refractivity contribution is 7.43. The molecule has 5 aliphatic rings. The molecule has 1 unspecified atom stereocenters. The van der Waals surface area contributed by atoms with Crippen molar-refractivity contribution in [2.24, 2.45) is 23.7 Å². The minimum absolute atomic E-state index is 0.0109. The number of phosphoric ester groups is 1. The molecule has 1 spiro atoms. The Bertz CT molecular complexity index is 997. The van der Waals surface area contributed by atoms with Crippen LogP contribution in [-0.2, 0) is 24.9 Å². The first kappa shape index (κ1) is 18.8. The smallest absolute Gasteiger partial charge is 0.269 e. The van der Waals surface area contributed by atoms with Crippen LogP contribution < -0.4 is 14.3 Å². The van der Waals surface area contributed by atoms with Gasteiger partial charge in [0.2, 0.25) is 0 Å². The molecule has 7 rings (SSSR count). The molecule has 1 saturated heterocycles. The van der Waals surface area contributed by atoms with Gasteiger partial charge >= 0.3 is 0 Å². The van der Waals surface area contributed by atoms with Crippen molar-refractivity contribution in [2.45, 2.75) is 43.5 Å². The zero-order valence-corrected chi connectivity index (χ0v) is 17.6. The summed E-state index contributed by atoms with van der Waals surface area (Å²) < 4.78 is 22.5. The number of hydrogen-bond donors (Lipinski definition) is 0. The van der Waals surface area contributed by atoms with Crippen LogP contribution in [0.5, 0.6) is 5.75 Å². The number of ether oxygens (including phenoxy) is 1. The van der Waals surface area contributed by atoms with Crippen LogP contribution in [0.3, 0.4) is 0 Å². The van der Waals surface area contributed by atoms with Gasteiger partial charge in [0.1, 0.15) is 13.6 Å². The summed E-state index contributed by atoms with van der Waals surface area (Å²) in [5.74, 6) is 1.48. The van der Waals surface area contributed by atoms with Crippen molar-refractivity contribution >= 4 is 29.2 Å². The van der Waals surface area contributed by atoms with Crippen LogP contribution in [0.4, 0.5) is 0 Å². The molecule has 4 bridgehead atoms. The summed E-state index contributed by atoms with van der Waals surface area (Å²) in [6.07, 6.45) is 5.98. The summed E-state index contributed by atoms with van der Waals surface area (Å²) in [6, 6.07) is 6.73. The molecule has 0 amide bonds. The Kier molecular flexibility index (Phi) is 3.90. The van der Waals surface area contributed by atoms with Crippen LogP contribution in [0.25, 0.3) is 10.1 Å². The minimum atomic E-state index is -5.10. The van der Waals surface area contributed by atoms with E-state index in [1.54, 1.807) is 19.2 Å². The Morgan fingerprint density at radius 1 is 1.07 bits per heavy atom. The van der Waals surface area contributed by atoms with Gasteiger partial charge in [0.25, 0.3) is 5.79 Å². The SMILES string of the molecule is COC1(c2cc3cc(OP(=O)([O-])[O-])ccc3s2)OOC12C1CC3CC(C1)CC2C3. The van der Waals surface area contributed by atoms with E-state index in [9.17, 15) is 14.4 Å². The Morgan fingerprint density at radius 3 is 2.31 bits per heavy atom. The summed E-state index contributed by atoms with van der Waals surface area (Å²) in [4.78, 5) is 34.6. The van der Waals surface area contributed by atoms with Crippen molar-refractivity contribution in [3.63, 3.8) is 0 Å². The highest BCUT2D eigenvalue weighted by Gasteiger charge is 2.77. The second-order valence-corrected chi connectivity index (χ2v) is 11.1. The predicted octanol–water partition coefficient (Wildman–Crippen LogP) is 3.06. The predicted molar refractivity (Wildman–Crippen MR) is 101 cm³/mol. The average Bonchev–Trinajstić information content (AvgIpc) is 3.03. The topological polar surface area (TPSA) is 100 Å². The standard InChI is InChI=1S/C20H23O7PS/c1-24-20(18-10-13-9-16(25-28(21,22)23)2-3-17(13)29-18)19(26-27-20)14-5-11-4-12(7-14)8-15(19)6-11/h2-3,9-12,14-15H,4-8H2,1H3,(H2,21,22,23)/p-2. The monoisotopic (exact) mass is 436 g/mol. The number of benzene rings is 1. The third-order valence-electron chi connectivity index (χ3n) is 7.48. The first-order valence-corrected chi connectivity index (χ1v) is 12.3. The fourth-order valence-corrected chi connectivity index (χ4v) is 8.25. The lowest BCUT2D eigenvalue weighted by molar-refractivity contribution is -0.644. The maximum atomic E-state index is 10.9. The summed E-state index contributed by atoms with van der Waals surface area (Å²) >= 11 is 1.54. The molecule has 7 nitrogen and oxygen atoms in total. The Morgan fingerprint density at radius 2 is 1.76 bits per heavy atom. The van der Waals surface area contributed by atoms with Gasteiger partial charge in [0.15, 0.2) is 5.60 Å². The molecule has 156 valence electrons. The van der Waals surface area contributed by atoms with E-state index in [1.807, 2.05) is 6.07 Å². The summed E-state index contributed by atoms with van der Waals surface area (Å²) in [5, 5.41) is 0.779. The van der Waals surface area contributed by atoms with E-state index in [1.165, 1.54) is 23.8 Å². The van der Waals surface area contributed by atoms with E-state index in [4.69, 9.17) is 14.5 Å². The van der Waals surface area contributed by atoms with Crippen LogP contribution in [0.2, 0.25) is 0 Å². The van der Waals surface area contributed by atoms with Crippen molar-refractivity contribution in [2.75, 3.05) is 7.11 Å². The number of rotatable bonds is 4. The van der Waals surface area contributed by atoms with E-state index < -0.39 is 19.2 Å². The fourth-order valence-electron chi connectivity index (χ4n) is 6.67. The molecular weight excluding hydrogens is 415 g/mol. The molecule has 1 aliphatic heterocycles. The maximum absolute atomic E-state index is 10.9. The normalized spacial score (nSPS) is 40.5. The van der Waals surface area contributed by atoms with Crippen molar-refractivity contribution in [1.29, 1.82) is 0 Å². The quantitative estimate of drug-likeness (QED) is 0.536. The number of methoxy groups -OCH3 is 1. The number of thiophene rings is 1. The molecule has 4 saturated carbocycles. The van der Waals surface area contributed by atoms with Gasteiger partial charge in [-0.1, -0.05) is 0 Å². The van der Waals surface area contributed by atoms with Gasteiger partial charge < -0.3 is 23.6 Å². The fraction of sp³-hybridized carbons (Fsp3) is 0.600. The van der Waals surface area contributed by atoms with Crippen LogP contribution in [0.1, 0.15) is 37.0 Å². The number of phosphoric acid groups is 1. The molecule has 9 heteroatoms. The highest BCUT2D eigenvalue weighted by Crippen LogP contribution is 2.69. The first-order valence-electron chi connectivity index (χ1n) is 10.0. The largest absolute Gasteiger partial charge is 0.780 e. The minimum Gasteiger partial charge on any atom is -0.780 e. The van der Waals surface area contributed by atoms with E-state index in [0.29, 0.717) is 11.8 Å². The van der Waals surface area contributed by atoms with Crippen LogP contribution >= 0.6 is 19.2 Å². The Balaban J connectivity index is 1.41. The molecule has 0 N–H and O–H groups in total. The van der Waals surface area contributed by atoms with Crippen LogP contribution in [-0.4, -0.2) is 12.7 Å². The van der Waals surface area contributed by atoms with E-state index in [0.717, 1.165) is 52.5 Å². The van der Waals surface area contributed by atoms with Gasteiger partial charge in [-0.05, 0) is 85.4 Å². The zero-order valence-electron chi connectivity index (χ0n) is 15.9. The van der Waals surface area contributed by atoms with E-state index in [-0.39, 0.29) is 5.75 Å². The molecule has 1 atom stereocenters. The third kappa shape index (κ3) is 2.51. The number of fused-ring (bicyclic) bond motifs is 1. The molecule has 2 aromatic rings. The lowest BCUT2D eigenvalue weighted by Gasteiger charge is -2.68. The highest BCUT2D eigenvalue weighted by atomic mass is 32.1. The average molecular weight is 436 g/mol. The maximum Gasteiger partial charge on any atom is 0.269 e. The lowest BCUT2D eigenvalue weighted by Crippen LogP contribution is -2.76. The lowest BCUT2D eigenvalue weighted by atomic mass is 9.47. The summed E-state index contributed by atoms with van der Waals surface area (Å²) in [6.45, 7) is 0. The van der Waals surface area contributed by atoms with Crippen LogP contribution in [0.15, 0.2) is 24.3 Å². The van der Waals surface area contributed by atoms with Crippen molar-refractivity contribution in [3.05, 3.63) is 29.1 Å². The molecule has 0 radical (unpaired) electrons.